The van der Waals surface area contributed by atoms with Gasteiger partial charge in [0.1, 0.15) is 17.7 Å². The fourth-order valence-electron chi connectivity index (χ4n) is 1.23. The highest BCUT2D eigenvalue weighted by atomic mass is 19.1. The molecule has 2 rings (SSSR count). The Hall–Kier alpha value is -1.09. The maximum Gasteiger partial charge on any atom is 0.127 e. The number of benzene rings is 1. The number of hydrogen-bond acceptors (Lipinski definition) is 1. The lowest BCUT2D eigenvalue weighted by molar-refractivity contribution is 0.137. The Morgan fingerprint density at radius 2 is 2.23 bits per heavy atom. The van der Waals surface area contributed by atoms with Crippen molar-refractivity contribution in [3.05, 3.63) is 29.6 Å². The van der Waals surface area contributed by atoms with Crippen molar-refractivity contribution >= 4 is 0 Å². The summed E-state index contributed by atoms with van der Waals surface area (Å²) in [6.07, 6.45) is 0.198. The van der Waals surface area contributed by atoms with E-state index in [0.717, 1.165) is 24.4 Å². The zero-order valence-electron chi connectivity index (χ0n) is 7.46. The van der Waals surface area contributed by atoms with E-state index in [9.17, 15) is 4.39 Å². The maximum atomic E-state index is 12.7. The lowest BCUT2D eigenvalue weighted by atomic mass is 10.2. The molecule has 0 unspecified atom stereocenters. The van der Waals surface area contributed by atoms with Crippen LogP contribution in [0.25, 0.3) is 0 Å². The van der Waals surface area contributed by atoms with Gasteiger partial charge in [-0.15, -0.1) is 0 Å². The van der Waals surface area contributed by atoms with Crippen molar-refractivity contribution in [3.63, 3.8) is 0 Å². The Morgan fingerprint density at radius 3 is 2.77 bits per heavy atom. The van der Waals surface area contributed by atoms with Crippen LogP contribution in [0.15, 0.2) is 18.2 Å². The third-order valence-electron chi connectivity index (χ3n) is 2.10. The van der Waals surface area contributed by atoms with Crippen LogP contribution < -0.4 is 10.1 Å². The first-order chi connectivity index (χ1) is 6.25. The number of aryl methyl sites for hydroxylation is 1. The van der Waals surface area contributed by atoms with Crippen molar-refractivity contribution in [2.24, 2.45) is 0 Å². The second kappa shape index (κ2) is 3.34. The molecule has 1 radical (unpaired) electrons. The Morgan fingerprint density at radius 1 is 1.46 bits per heavy atom. The molecule has 0 saturated carbocycles. The molecular formula is C10H11FNO. The summed E-state index contributed by atoms with van der Waals surface area (Å²) >= 11 is 0. The SMILES string of the molecule is Cc1cc(F)ccc1OC1C[N]C1. The second-order valence-corrected chi connectivity index (χ2v) is 3.24. The van der Waals surface area contributed by atoms with Gasteiger partial charge in [0.25, 0.3) is 0 Å². The van der Waals surface area contributed by atoms with E-state index < -0.39 is 0 Å². The first-order valence-corrected chi connectivity index (χ1v) is 4.32. The Balaban J connectivity index is 2.10. The smallest absolute Gasteiger partial charge is 0.127 e. The summed E-state index contributed by atoms with van der Waals surface area (Å²) in [4.78, 5) is 0. The summed E-state index contributed by atoms with van der Waals surface area (Å²) in [7, 11) is 0. The minimum Gasteiger partial charge on any atom is -0.487 e. The molecule has 0 aliphatic carbocycles. The van der Waals surface area contributed by atoms with Crippen LogP contribution >= 0.6 is 0 Å². The molecule has 1 aliphatic heterocycles. The van der Waals surface area contributed by atoms with Crippen LogP contribution in [0.3, 0.4) is 0 Å². The van der Waals surface area contributed by atoms with Crippen LogP contribution in [-0.2, 0) is 0 Å². The van der Waals surface area contributed by atoms with E-state index in [4.69, 9.17) is 4.74 Å². The number of nitrogens with zero attached hydrogens (tertiary/aromatic N) is 1. The summed E-state index contributed by atoms with van der Waals surface area (Å²) in [5.41, 5.74) is 0.840. The van der Waals surface area contributed by atoms with Crippen molar-refractivity contribution in [3.8, 4) is 5.75 Å². The summed E-state index contributed by atoms with van der Waals surface area (Å²) in [6, 6.07) is 4.56. The Labute approximate surface area is 76.7 Å². The van der Waals surface area contributed by atoms with Crippen molar-refractivity contribution in [2.45, 2.75) is 13.0 Å². The average molecular weight is 180 g/mol. The van der Waals surface area contributed by atoms with Crippen molar-refractivity contribution in [1.82, 2.24) is 5.32 Å². The van der Waals surface area contributed by atoms with Crippen molar-refractivity contribution in [2.75, 3.05) is 13.1 Å². The van der Waals surface area contributed by atoms with Crippen LogP contribution in [0.2, 0.25) is 0 Å². The van der Waals surface area contributed by atoms with Gasteiger partial charge in [0.15, 0.2) is 0 Å². The van der Waals surface area contributed by atoms with E-state index in [1.165, 1.54) is 12.1 Å². The highest BCUT2D eigenvalue weighted by Crippen LogP contribution is 2.20. The molecule has 0 aromatic heterocycles. The first kappa shape index (κ1) is 8.51. The summed E-state index contributed by atoms with van der Waals surface area (Å²) in [5.74, 6) is 0.546. The number of ether oxygens (including phenoxy) is 1. The zero-order chi connectivity index (χ0) is 9.26. The minimum absolute atomic E-state index is 0.198. The zero-order valence-corrected chi connectivity index (χ0v) is 7.46. The second-order valence-electron chi connectivity index (χ2n) is 3.24. The summed E-state index contributed by atoms with van der Waals surface area (Å²) < 4.78 is 18.3. The Bertz CT molecular complexity index is 310. The number of halogens is 1. The van der Waals surface area contributed by atoms with Crippen LogP contribution in [0.4, 0.5) is 4.39 Å². The fraction of sp³-hybridized carbons (Fsp3) is 0.400. The third kappa shape index (κ3) is 1.80. The molecule has 2 nitrogen and oxygen atoms in total. The fourth-order valence-corrected chi connectivity index (χ4v) is 1.23. The largest absolute Gasteiger partial charge is 0.487 e. The molecule has 1 aliphatic rings. The molecule has 0 atom stereocenters. The van der Waals surface area contributed by atoms with Crippen LogP contribution in [0, 0.1) is 12.7 Å². The number of hydrogen-bond donors (Lipinski definition) is 0. The molecule has 3 heteroatoms. The molecule has 0 spiro atoms. The van der Waals surface area contributed by atoms with Gasteiger partial charge in [0.05, 0.1) is 13.1 Å². The minimum atomic E-state index is -0.219. The molecule has 1 fully saturated rings. The average Bonchev–Trinajstić information content (AvgIpc) is 1.99. The van der Waals surface area contributed by atoms with E-state index in [0.29, 0.717) is 0 Å². The van der Waals surface area contributed by atoms with Gasteiger partial charge in [-0.25, -0.2) is 9.71 Å². The van der Waals surface area contributed by atoms with Crippen molar-refractivity contribution < 1.29 is 9.13 Å². The predicted molar refractivity (Wildman–Crippen MR) is 47.4 cm³/mol. The normalized spacial score (nSPS) is 16.8. The number of rotatable bonds is 2. The molecule has 13 heavy (non-hydrogen) atoms. The molecule has 1 saturated heterocycles. The lowest BCUT2D eigenvalue weighted by Crippen LogP contribution is -2.45. The molecule has 1 heterocycles. The maximum absolute atomic E-state index is 12.7. The van der Waals surface area contributed by atoms with E-state index in [1.54, 1.807) is 6.07 Å². The third-order valence-corrected chi connectivity index (χ3v) is 2.10. The quantitative estimate of drug-likeness (QED) is 0.676. The van der Waals surface area contributed by atoms with Gasteiger partial charge in [-0.2, -0.15) is 0 Å². The lowest BCUT2D eigenvalue weighted by Gasteiger charge is -2.26. The van der Waals surface area contributed by atoms with Gasteiger partial charge in [0, 0.05) is 0 Å². The molecule has 1 aromatic carbocycles. The topological polar surface area (TPSA) is 23.3 Å². The molecule has 1 aromatic rings. The molecule has 69 valence electrons. The standard InChI is InChI=1S/C10H11FNO/c1-7-4-8(11)2-3-10(7)13-9-5-12-6-9/h2-4,9H,5-6H2,1H3. The monoisotopic (exact) mass is 180 g/mol. The van der Waals surface area contributed by atoms with E-state index in [2.05, 4.69) is 5.32 Å². The van der Waals surface area contributed by atoms with Crippen molar-refractivity contribution in [1.29, 1.82) is 0 Å². The highest BCUT2D eigenvalue weighted by molar-refractivity contribution is 5.32. The van der Waals surface area contributed by atoms with Crippen LogP contribution in [-0.4, -0.2) is 19.2 Å². The predicted octanol–water partition coefficient (Wildman–Crippen LogP) is 1.50. The molecule has 0 N–H and O–H groups in total. The summed E-state index contributed by atoms with van der Waals surface area (Å²) in [6.45, 7) is 3.36. The molecule has 0 bridgehead atoms. The first-order valence-electron chi connectivity index (χ1n) is 4.32. The van der Waals surface area contributed by atoms with Gasteiger partial charge in [-0.05, 0) is 30.7 Å². The van der Waals surface area contributed by atoms with E-state index >= 15 is 0 Å². The van der Waals surface area contributed by atoms with Gasteiger partial charge in [-0.1, -0.05) is 0 Å². The summed E-state index contributed by atoms with van der Waals surface area (Å²) in [5, 5.41) is 4.04. The highest BCUT2D eigenvalue weighted by Gasteiger charge is 2.20. The van der Waals surface area contributed by atoms with Gasteiger partial charge >= 0.3 is 0 Å². The molecule has 0 amide bonds. The van der Waals surface area contributed by atoms with E-state index in [-0.39, 0.29) is 11.9 Å². The van der Waals surface area contributed by atoms with Gasteiger partial charge < -0.3 is 4.74 Å². The van der Waals surface area contributed by atoms with E-state index in [1.807, 2.05) is 6.92 Å². The van der Waals surface area contributed by atoms with Gasteiger partial charge in [0.2, 0.25) is 0 Å². The van der Waals surface area contributed by atoms with Crippen LogP contribution in [0.5, 0.6) is 5.75 Å². The van der Waals surface area contributed by atoms with Gasteiger partial charge in [-0.3, -0.25) is 0 Å². The Kier molecular flexibility index (Phi) is 2.19. The molecular weight excluding hydrogens is 169 g/mol. The van der Waals surface area contributed by atoms with Crippen LogP contribution in [0.1, 0.15) is 5.56 Å².